The van der Waals surface area contributed by atoms with Crippen molar-refractivity contribution >= 4 is 18.0 Å². The van der Waals surface area contributed by atoms with E-state index in [1.807, 2.05) is 20.8 Å². The van der Waals surface area contributed by atoms with Crippen molar-refractivity contribution in [1.82, 2.24) is 26.2 Å². The Morgan fingerprint density at radius 1 is 1.21 bits per heavy atom. The molecule has 4 N–H and O–H groups in total. The second kappa shape index (κ2) is 11.8. The number of hydrogen-bond acceptors (Lipinski definition) is 5. The number of alkyl carbamates (subject to hydrolysis) is 1. The molecule has 0 aromatic heterocycles. The molecule has 9 heteroatoms. The predicted octanol–water partition coefficient (Wildman–Crippen LogP) is 0.911. The fraction of sp³-hybridized carbons (Fsp3) is 0.850. The SMILES string of the molecule is CN=C(NCC(NC(=O)OC(C)(C)C)C(C)C)NC1CCN(CC(=O)NC)CC1. The van der Waals surface area contributed by atoms with Gasteiger partial charge in [-0.3, -0.25) is 14.7 Å². The third-order valence-corrected chi connectivity index (χ3v) is 4.79. The topological polar surface area (TPSA) is 107 Å². The Bertz CT molecular complexity index is 551. The van der Waals surface area contributed by atoms with Gasteiger partial charge < -0.3 is 26.0 Å². The summed E-state index contributed by atoms with van der Waals surface area (Å²) in [6, 6.07) is 0.219. The third-order valence-electron chi connectivity index (χ3n) is 4.79. The average molecular weight is 413 g/mol. The van der Waals surface area contributed by atoms with Crippen molar-refractivity contribution in [3.63, 3.8) is 0 Å². The molecule has 0 radical (unpaired) electrons. The van der Waals surface area contributed by atoms with Crippen LogP contribution >= 0.6 is 0 Å². The van der Waals surface area contributed by atoms with Crippen molar-refractivity contribution in [1.29, 1.82) is 0 Å². The fourth-order valence-corrected chi connectivity index (χ4v) is 3.02. The van der Waals surface area contributed by atoms with E-state index in [0.29, 0.717) is 25.1 Å². The number of nitrogens with one attached hydrogen (secondary N) is 4. The van der Waals surface area contributed by atoms with Gasteiger partial charge in [-0.05, 0) is 39.5 Å². The van der Waals surface area contributed by atoms with Crippen molar-refractivity contribution in [3.05, 3.63) is 0 Å². The van der Waals surface area contributed by atoms with Crippen LogP contribution in [0.2, 0.25) is 0 Å². The van der Waals surface area contributed by atoms with Crippen LogP contribution in [0.3, 0.4) is 0 Å². The molecule has 1 rings (SSSR count). The molecule has 0 aromatic rings. The van der Waals surface area contributed by atoms with Crippen LogP contribution in [0, 0.1) is 5.92 Å². The molecule has 0 aromatic carbocycles. The Balaban J connectivity index is 2.45. The van der Waals surface area contributed by atoms with E-state index in [1.54, 1.807) is 14.1 Å². The summed E-state index contributed by atoms with van der Waals surface area (Å²) < 4.78 is 5.36. The lowest BCUT2D eigenvalue weighted by Crippen LogP contribution is -2.53. The molecule has 1 fully saturated rings. The predicted molar refractivity (Wildman–Crippen MR) is 116 cm³/mol. The van der Waals surface area contributed by atoms with Crippen LogP contribution in [0.5, 0.6) is 0 Å². The number of nitrogens with zero attached hydrogens (tertiary/aromatic N) is 2. The molecule has 1 saturated heterocycles. The lowest BCUT2D eigenvalue weighted by molar-refractivity contribution is -0.122. The minimum absolute atomic E-state index is 0.0473. The number of likely N-dealkylation sites (tertiary alicyclic amines) is 1. The monoisotopic (exact) mass is 412 g/mol. The number of piperidine rings is 1. The molecule has 29 heavy (non-hydrogen) atoms. The first-order chi connectivity index (χ1) is 13.5. The van der Waals surface area contributed by atoms with Crippen molar-refractivity contribution in [2.24, 2.45) is 10.9 Å². The molecule has 0 aliphatic carbocycles. The van der Waals surface area contributed by atoms with Crippen LogP contribution in [0.1, 0.15) is 47.5 Å². The second-order valence-corrected chi connectivity index (χ2v) is 8.82. The van der Waals surface area contributed by atoms with Gasteiger partial charge in [-0.15, -0.1) is 0 Å². The van der Waals surface area contributed by atoms with E-state index < -0.39 is 11.7 Å². The zero-order chi connectivity index (χ0) is 22.0. The molecular weight excluding hydrogens is 372 g/mol. The van der Waals surface area contributed by atoms with Crippen LogP contribution < -0.4 is 21.3 Å². The van der Waals surface area contributed by atoms with Gasteiger partial charge in [0, 0.05) is 39.8 Å². The molecule has 9 nitrogen and oxygen atoms in total. The lowest BCUT2D eigenvalue weighted by Gasteiger charge is -2.33. The normalized spacial score (nSPS) is 17.6. The highest BCUT2D eigenvalue weighted by atomic mass is 16.6. The van der Waals surface area contributed by atoms with Crippen LogP contribution in [0.25, 0.3) is 0 Å². The highest BCUT2D eigenvalue weighted by Gasteiger charge is 2.23. The van der Waals surface area contributed by atoms with E-state index in [0.717, 1.165) is 25.9 Å². The summed E-state index contributed by atoms with van der Waals surface area (Å²) in [4.78, 5) is 30.1. The quantitative estimate of drug-likeness (QED) is 0.366. The van der Waals surface area contributed by atoms with Gasteiger partial charge >= 0.3 is 6.09 Å². The van der Waals surface area contributed by atoms with E-state index in [9.17, 15) is 9.59 Å². The standard InChI is InChI=1S/C20H40N6O3/c1-14(2)16(25-19(28)29-20(3,4)5)12-23-18(22-7)24-15-8-10-26(11-9-15)13-17(27)21-6/h14-16H,8-13H2,1-7H3,(H,21,27)(H,25,28)(H2,22,23,24). The van der Waals surface area contributed by atoms with Gasteiger partial charge in [0.1, 0.15) is 5.60 Å². The molecule has 0 bridgehead atoms. The number of carbonyl (C=O) groups excluding carboxylic acids is 2. The Morgan fingerprint density at radius 3 is 2.31 bits per heavy atom. The summed E-state index contributed by atoms with van der Waals surface area (Å²) >= 11 is 0. The van der Waals surface area contributed by atoms with E-state index in [1.165, 1.54) is 0 Å². The van der Waals surface area contributed by atoms with Crippen LogP contribution in [-0.2, 0) is 9.53 Å². The Morgan fingerprint density at radius 2 is 1.83 bits per heavy atom. The molecule has 1 heterocycles. The zero-order valence-corrected chi connectivity index (χ0v) is 19.1. The van der Waals surface area contributed by atoms with Gasteiger partial charge in [-0.2, -0.15) is 0 Å². The largest absolute Gasteiger partial charge is 0.444 e. The third kappa shape index (κ3) is 10.3. The molecule has 0 spiro atoms. The smallest absolute Gasteiger partial charge is 0.407 e. The molecule has 168 valence electrons. The van der Waals surface area contributed by atoms with E-state index in [2.05, 4.69) is 45.0 Å². The number of ether oxygens (including phenoxy) is 1. The lowest BCUT2D eigenvalue weighted by atomic mass is 10.0. The number of likely N-dealkylation sites (N-methyl/N-ethyl adjacent to an activating group) is 1. The Hall–Kier alpha value is -2.03. The molecule has 1 unspecified atom stereocenters. The first-order valence-corrected chi connectivity index (χ1v) is 10.4. The number of rotatable bonds is 7. The fourth-order valence-electron chi connectivity index (χ4n) is 3.02. The van der Waals surface area contributed by atoms with E-state index >= 15 is 0 Å². The molecule has 1 atom stereocenters. The first-order valence-electron chi connectivity index (χ1n) is 10.4. The van der Waals surface area contributed by atoms with Crippen LogP contribution in [0.15, 0.2) is 4.99 Å². The van der Waals surface area contributed by atoms with Gasteiger partial charge in [0.2, 0.25) is 5.91 Å². The van der Waals surface area contributed by atoms with E-state index in [-0.39, 0.29) is 17.9 Å². The maximum Gasteiger partial charge on any atom is 0.407 e. The van der Waals surface area contributed by atoms with E-state index in [4.69, 9.17) is 4.74 Å². The number of guanidine groups is 1. The van der Waals surface area contributed by atoms with Gasteiger partial charge in [0.05, 0.1) is 12.6 Å². The van der Waals surface area contributed by atoms with Crippen molar-refractivity contribution in [3.8, 4) is 0 Å². The van der Waals surface area contributed by atoms with Crippen molar-refractivity contribution in [2.45, 2.75) is 65.1 Å². The van der Waals surface area contributed by atoms with Crippen LogP contribution in [0.4, 0.5) is 4.79 Å². The number of hydrogen-bond donors (Lipinski definition) is 4. The molecular formula is C20H40N6O3. The number of amides is 2. The maximum absolute atomic E-state index is 12.1. The molecule has 1 aliphatic rings. The molecule has 1 aliphatic heterocycles. The van der Waals surface area contributed by atoms with Gasteiger partial charge in [-0.1, -0.05) is 13.8 Å². The summed E-state index contributed by atoms with van der Waals surface area (Å²) in [5.41, 5.74) is -0.525. The Labute approximate surface area is 175 Å². The minimum Gasteiger partial charge on any atom is -0.444 e. The summed E-state index contributed by atoms with van der Waals surface area (Å²) in [5, 5.41) is 12.4. The summed E-state index contributed by atoms with van der Waals surface area (Å²) in [5.74, 6) is 0.999. The average Bonchev–Trinajstić information content (AvgIpc) is 2.63. The zero-order valence-electron chi connectivity index (χ0n) is 19.1. The summed E-state index contributed by atoms with van der Waals surface area (Å²) in [7, 11) is 3.40. The van der Waals surface area contributed by atoms with Crippen molar-refractivity contribution in [2.75, 3.05) is 40.3 Å². The minimum atomic E-state index is -0.525. The summed E-state index contributed by atoms with van der Waals surface area (Å²) in [6.07, 6.45) is 1.48. The highest BCUT2D eigenvalue weighted by Crippen LogP contribution is 2.10. The highest BCUT2D eigenvalue weighted by molar-refractivity contribution is 5.80. The second-order valence-electron chi connectivity index (χ2n) is 8.82. The number of carbonyl (C=O) groups is 2. The Kier molecular flexibility index (Phi) is 10.2. The van der Waals surface area contributed by atoms with Gasteiger partial charge in [0.15, 0.2) is 5.96 Å². The first kappa shape index (κ1) is 25.0. The molecule has 2 amide bonds. The molecule has 0 saturated carbocycles. The van der Waals surface area contributed by atoms with Gasteiger partial charge in [-0.25, -0.2) is 4.79 Å². The van der Waals surface area contributed by atoms with Crippen molar-refractivity contribution < 1.29 is 14.3 Å². The van der Waals surface area contributed by atoms with Gasteiger partial charge in [0.25, 0.3) is 0 Å². The summed E-state index contributed by atoms with van der Waals surface area (Å²) in [6.45, 7) is 12.4. The maximum atomic E-state index is 12.1. The van der Waals surface area contributed by atoms with Crippen LogP contribution in [-0.4, -0.2) is 80.8 Å². The number of aliphatic imine (C=N–C) groups is 1.